The Bertz CT molecular complexity index is 735. The standard InChI is InChI=1S/C17H20N4O2S2/c1-24-11-15-20-14(10-25-15)7-19-17(23)13-5-16(22)21(9-13)8-12-3-2-4-18-6-12/h2-4,6,10,13H,5,7-9,11H2,1H3,(H,19,23)/t13-/m0/s1. The molecule has 0 saturated carbocycles. The van der Waals surface area contributed by atoms with Crippen LogP contribution in [0.3, 0.4) is 0 Å². The number of rotatable bonds is 7. The molecule has 0 unspecified atom stereocenters. The van der Waals surface area contributed by atoms with Gasteiger partial charge in [-0.2, -0.15) is 11.8 Å². The summed E-state index contributed by atoms with van der Waals surface area (Å²) < 4.78 is 0. The molecular weight excluding hydrogens is 356 g/mol. The number of amides is 2. The molecule has 3 rings (SSSR count). The van der Waals surface area contributed by atoms with Gasteiger partial charge >= 0.3 is 0 Å². The summed E-state index contributed by atoms with van der Waals surface area (Å²) in [5.41, 5.74) is 1.85. The van der Waals surface area contributed by atoms with Crippen LogP contribution in [0, 0.1) is 5.92 Å². The second-order valence-electron chi connectivity index (χ2n) is 5.92. The van der Waals surface area contributed by atoms with Crippen LogP contribution in [-0.4, -0.2) is 39.5 Å². The molecule has 3 heterocycles. The van der Waals surface area contributed by atoms with E-state index in [1.165, 1.54) is 0 Å². The van der Waals surface area contributed by atoms with E-state index in [0.717, 1.165) is 22.0 Å². The first-order chi connectivity index (χ1) is 12.2. The second kappa shape index (κ2) is 8.44. The first-order valence-corrected chi connectivity index (χ1v) is 10.3. The summed E-state index contributed by atoms with van der Waals surface area (Å²) in [5, 5.41) is 5.95. The zero-order valence-electron chi connectivity index (χ0n) is 14.0. The lowest BCUT2D eigenvalue weighted by Gasteiger charge is -2.16. The van der Waals surface area contributed by atoms with Crippen molar-refractivity contribution in [3.8, 4) is 0 Å². The van der Waals surface area contributed by atoms with Gasteiger partial charge in [-0.05, 0) is 17.9 Å². The van der Waals surface area contributed by atoms with Gasteiger partial charge in [0.25, 0.3) is 0 Å². The molecule has 0 aromatic carbocycles. The minimum atomic E-state index is -0.298. The fourth-order valence-electron chi connectivity index (χ4n) is 2.75. The maximum absolute atomic E-state index is 12.4. The number of pyridine rings is 1. The van der Waals surface area contributed by atoms with Gasteiger partial charge in [-0.25, -0.2) is 4.98 Å². The van der Waals surface area contributed by atoms with Crippen LogP contribution in [0.5, 0.6) is 0 Å². The van der Waals surface area contributed by atoms with Crippen molar-refractivity contribution in [2.24, 2.45) is 5.92 Å². The van der Waals surface area contributed by atoms with E-state index in [0.29, 0.717) is 19.6 Å². The SMILES string of the molecule is CSCc1nc(CNC(=O)[C@H]2CC(=O)N(Cc3cccnc3)C2)cs1. The fraction of sp³-hybridized carbons (Fsp3) is 0.412. The van der Waals surface area contributed by atoms with Crippen LogP contribution in [0.4, 0.5) is 0 Å². The smallest absolute Gasteiger partial charge is 0.225 e. The average molecular weight is 377 g/mol. The van der Waals surface area contributed by atoms with Crippen LogP contribution in [0.25, 0.3) is 0 Å². The number of aromatic nitrogens is 2. The Morgan fingerprint density at radius 1 is 1.52 bits per heavy atom. The number of carbonyl (C=O) groups excluding carboxylic acids is 2. The number of nitrogens with one attached hydrogen (secondary N) is 1. The van der Waals surface area contributed by atoms with Crippen molar-refractivity contribution < 1.29 is 9.59 Å². The molecule has 0 spiro atoms. The van der Waals surface area contributed by atoms with Crippen molar-refractivity contribution in [1.82, 2.24) is 20.2 Å². The van der Waals surface area contributed by atoms with Gasteiger partial charge in [0.15, 0.2) is 0 Å². The van der Waals surface area contributed by atoms with Crippen LogP contribution in [0.1, 0.15) is 22.7 Å². The molecule has 2 aromatic heterocycles. The van der Waals surface area contributed by atoms with Gasteiger partial charge in [-0.1, -0.05) is 6.07 Å². The highest BCUT2D eigenvalue weighted by atomic mass is 32.2. The number of thiazole rings is 1. The molecule has 8 heteroatoms. The highest BCUT2D eigenvalue weighted by Crippen LogP contribution is 2.20. The third-order valence-electron chi connectivity index (χ3n) is 3.99. The van der Waals surface area contributed by atoms with E-state index in [-0.39, 0.29) is 24.2 Å². The number of hydrogen-bond donors (Lipinski definition) is 1. The predicted molar refractivity (Wildman–Crippen MR) is 98.9 cm³/mol. The lowest BCUT2D eigenvalue weighted by molar-refractivity contribution is -0.129. The van der Waals surface area contributed by atoms with Gasteiger partial charge in [-0.15, -0.1) is 11.3 Å². The number of thioether (sulfide) groups is 1. The van der Waals surface area contributed by atoms with E-state index >= 15 is 0 Å². The fourth-order valence-corrected chi connectivity index (χ4v) is 4.27. The van der Waals surface area contributed by atoms with Crippen LogP contribution in [0.2, 0.25) is 0 Å². The van der Waals surface area contributed by atoms with Crippen LogP contribution < -0.4 is 5.32 Å². The molecule has 25 heavy (non-hydrogen) atoms. The molecule has 132 valence electrons. The van der Waals surface area contributed by atoms with Gasteiger partial charge in [0.1, 0.15) is 5.01 Å². The molecule has 1 saturated heterocycles. The van der Waals surface area contributed by atoms with Crippen LogP contribution in [0.15, 0.2) is 29.9 Å². The first kappa shape index (κ1) is 17.9. The minimum absolute atomic E-state index is 0.0138. The lowest BCUT2D eigenvalue weighted by atomic mass is 10.1. The summed E-state index contributed by atoms with van der Waals surface area (Å²) in [5.74, 6) is 0.522. The van der Waals surface area contributed by atoms with Gasteiger partial charge in [0.05, 0.1) is 18.2 Å². The van der Waals surface area contributed by atoms with Crippen molar-refractivity contribution in [3.63, 3.8) is 0 Å². The molecule has 1 fully saturated rings. The van der Waals surface area contributed by atoms with Gasteiger partial charge in [-0.3, -0.25) is 14.6 Å². The number of hydrogen-bond acceptors (Lipinski definition) is 6. The third-order valence-corrected chi connectivity index (χ3v) is 5.63. The molecule has 6 nitrogen and oxygen atoms in total. The van der Waals surface area contributed by atoms with Gasteiger partial charge < -0.3 is 10.2 Å². The Morgan fingerprint density at radius 3 is 3.16 bits per heavy atom. The Labute approximate surface area is 155 Å². The maximum atomic E-state index is 12.4. The molecule has 0 aliphatic carbocycles. The highest BCUT2D eigenvalue weighted by Gasteiger charge is 2.34. The van der Waals surface area contributed by atoms with Crippen molar-refractivity contribution in [3.05, 3.63) is 46.2 Å². The van der Waals surface area contributed by atoms with Gasteiger partial charge in [0, 0.05) is 43.0 Å². The van der Waals surface area contributed by atoms with E-state index in [2.05, 4.69) is 15.3 Å². The third kappa shape index (κ3) is 4.79. The molecule has 1 aliphatic rings. The Balaban J connectivity index is 1.50. The molecule has 0 bridgehead atoms. The molecule has 0 radical (unpaired) electrons. The zero-order valence-corrected chi connectivity index (χ0v) is 15.6. The molecule has 1 atom stereocenters. The Hall–Kier alpha value is -1.93. The van der Waals surface area contributed by atoms with E-state index in [1.54, 1.807) is 40.4 Å². The molecule has 1 N–H and O–H groups in total. The average Bonchev–Trinajstić information content (AvgIpc) is 3.21. The number of nitrogens with zero attached hydrogens (tertiary/aromatic N) is 3. The Kier molecular flexibility index (Phi) is 6.04. The maximum Gasteiger partial charge on any atom is 0.225 e. The molecule has 1 aliphatic heterocycles. The lowest BCUT2D eigenvalue weighted by Crippen LogP contribution is -2.32. The van der Waals surface area contributed by atoms with E-state index in [1.807, 2.05) is 23.8 Å². The highest BCUT2D eigenvalue weighted by molar-refractivity contribution is 7.97. The predicted octanol–water partition coefficient (Wildman–Crippen LogP) is 2.07. The minimum Gasteiger partial charge on any atom is -0.350 e. The second-order valence-corrected chi connectivity index (χ2v) is 7.73. The number of carbonyl (C=O) groups is 2. The first-order valence-electron chi connectivity index (χ1n) is 8.02. The summed E-state index contributed by atoms with van der Waals surface area (Å²) in [6.07, 6.45) is 5.75. The molecular formula is C17H20N4O2S2. The molecule has 2 amide bonds. The largest absolute Gasteiger partial charge is 0.350 e. The van der Waals surface area contributed by atoms with Crippen molar-refractivity contribution in [1.29, 1.82) is 0 Å². The molecule has 2 aromatic rings. The summed E-state index contributed by atoms with van der Waals surface area (Å²) in [6, 6.07) is 3.78. The normalized spacial score (nSPS) is 17.1. The quantitative estimate of drug-likeness (QED) is 0.801. The van der Waals surface area contributed by atoms with E-state index < -0.39 is 0 Å². The van der Waals surface area contributed by atoms with Gasteiger partial charge in [0.2, 0.25) is 11.8 Å². The number of likely N-dealkylation sites (tertiary alicyclic amines) is 1. The van der Waals surface area contributed by atoms with Crippen LogP contribution in [-0.2, 0) is 28.4 Å². The monoisotopic (exact) mass is 376 g/mol. The summed E-state index contributed by atoms with van der Waals surface area (Å²) in [7, 11) is 0. The summed E-state index contributed by atoms with van der Waals surface area (Å²) >= 11 is 3.34. The zero-order chi connectivity index (χ0) is 17.6. The van der Waals surface area contributed by atoms with Crippen molar-refractivity contribution in [2.45, 2.75) is 25.3 Å². The van der Waals surface area contributed by atoms with E-state index in [9.17, 15) is 9.59 Å². The topological polar surface area (TPSA) is 75.2 Å². The summed E-state index contributed by atoms with van der Waals surface area (Å²) in [6.45, 7) is 1.37. The van der Waals surface area contributed by atoms with Crippen molar-refractivity contribution >= 4 is 34.9 Å². The van der Waals surface area contributed by atoms with E-state index in [4.69, 9.17) is 0 Å². The van der Waals surface area contributed by atoms with Crippen LogP contribution >= 0.6 is 23.1 Å². The van der Waals surface area contributed by atoms with Crippen molar-refractivity contribution in [2.75, 3.05) is 12.8 Å². The summed E-state index contributed by atoms with van der Waals surface area (Å²) in [4.78, 5) is 34.8. The Morgan fingerprint density at radius 2 is 2.40 bits per heavy atom.